The van der Waals surface area contributed by atoms with Crippen LogP contribution in [0.1, 0.15) is 12.8 Å². The van der Waals surface area contributed by atoms with Crippen LogP contribution in [0.2, 0.25) is 0 Å². The average Bonchev–Trinajstić information content (AvgIpc) is 2.90. The lowest BCUT2D eigenvalue weighted by atomic mass is 9.97. The van der Waals surface area contributed by atoms with Crippen LogP contribution in [0, 0.1) is 17.6 Å². The molecule has 37 heavy (non-hydrogen) atoms. The zero-order valence-electron chi connectivity index (χ0n) is 20.7. The highest BCUT2D eigenvalue weighted by atomic mass is 19.1. The second-order valence-corrected chi connectivity index (χ2v) is 9.47. The highest BCUT2D eigenvalue weighted by Crippen LogP contribution is 2.31. The Bertz CT molecular complexity index is 1470. The second-order valence-electron chi connectivity index (χ2n) is 9.47. The Morgan fingerprint density at radius 2 is 1.84 bits per heavy atom. The highest BCUT2D eigenvalue weighted by molar-refractivity contribution is 5.85. The molecule has 1 fully saturated rings. The van der Waals surface area contributed by atoms with Crippen LogP contribution in [0.4, 0.5) is 8.78 Å². The van der Waals surface area contributed by atoms with Gasteiger partial charge in [0.2, 0.25) is 0 Å². The number of halogens is 2. The summed E-state index contributed by atoms with van der Waals surface area (Å²) in [7, 11) is 1.58. The Morgan fingerprint density at radius 1 is 1.05 bits per heavy atom. The fourth-order valence-corrected chi connectivity index (χ4v) is 5.23. The third kappa shape index (κ3) is 5.26. The van der Waals surface area contributed by atoms with Crippen molar-refractivity contribution in [1.29, 1.82) is 0 Å². The number of β-amino-alcohol motifs (C(OH)–C–C–N with tert-alkyl or cyclic N) is 1. The molecule has 6 nitrogen and oxygen atoms in total. The van der Waals surface area contributed by atoms with E-state index in [1.54, 1.807) is 29.9 Å². The van der Waals surface area contributed by atoms with Crippen molar-refractivity contribution < 1.29 is 18.6 Å². The minimum absolute atomic E-state index is 0.0973. The number of aromatic nitrogens is 2. The standard InChI is InChI=1S/C29H29F2N3O3/c1-37-27-7-3-2-6-24(27)28-32-26-9-8-20(21-13-22(30)16-23(31)14-21)15-25(26)29(36)34(28)18-19-5-4-10-33(17-19)11-12-35/h2-3,6-9,13-16,19,35H,4-5,10-12,17-18H2,1H3. The predicted octanol–water partition coefficient (Wildman–Crippen LogP) is 4.72. The molecule has 0 radical (unpaired) electrons. The first-order chi connectivity index (χ1) is 18.0. The minimum Gasteiger partial charge on any atom is -0.496 e. The van der Waals surface area contributed by atoms with Gasteiger partial charge in [-0.25, -0.2) is 13.8 Å². The largest absolute Gasteiger partial charge is 0.496 e. The molecule has 1 aromatic heterocycles. The number of aliphatic hydroxyl groups excluding tert-OH is 1. The van der Waals surface area contributed by atoms with E-state index in [0.717, 1.165) is 32.0 Å². The highest BCUT2D eigenvalue weighted by Gasteiger charge is 2.24. The van der Waals surface area contributed by atoms with Gasteiger partial charge in [-0.15, -0.1) is 0 Å². The number of fused-ring (bicyclic) bond motifs is 1. The van der Waals surface area contributed by atoms with Crippen LogP contribution >= 0.6 is 0 Å². The van der Waals surface area contributed by atoms with Crippen LogP contribution in [-0.4, -0.2) is 52.9 Å². The lowest BCUT2D eigenvalue weighted by molar-refractivity contribution is 0.132. The summed E-state index contributed by atoms with van der Waals surface area (Å²) in [6, 6.07) is 15.9. The van der Waals surface area contributed by atoms with Crippen LogP contribution in [0.25, 0.3) is 33.4 Å². The van der Waals surface area contributed by atoms with Crippen molar-refractivity contribution >= 4 is 10.9 Å². The molecule has 192 valence electrons. The number of hydrogen-bond donors (Lipinski definition) is 1. The van der Waals surface area contributed by atoms with Gasteiger partial charge in [-0.3, -0.25) is 9.36 Å². The van der Waals surface area contributed by atoms with Gasteiger partial charge in [0.1, 0.15) is 23.2 Å². The number of ether oxygens (including phenoxy) is 1. The van der Waals surface area contributed by atoms with E-state index in [2.05, 4.69) is 4.90 Å². The molecule has 5 rings (SSSR count). The van der Waals surface area contributed by atoms with Crippen LogP contribution < -0.4 is 10.3 Å². The summed E-state index contributed by atoms with van der Waals surface area (Å²) in [5, 5.41) is 9.77. The van der Waals surface area contributed by atoms with Crippen molar-refractivity contribution in [2.24, 2.45) is 5.92 Å². The van der Waals surface area contributed by atoms with E-state index < -0.39 is 11.6 Å². The molecule has 2 heterocycles. The van der Waals surface area contributed by atoms with Gasteiger partial charge < -0.3 is 14.7 Å². The first kappa shape index (κ1) is 25.0. The second kappa shape index (κ2) is 10.8. The van der Waals surface area contributed by atoms with Gasteiger partial charge >= 0.3 is 0 Å². The summed E-state index contributed by atoms with van der Waals surface area (Å²) < 4.78 is 35.0. The van der Waals surface area contributed by atoms with E-state index in [1.807, 2.05) is 24.3 Å². The van der Waals surface area contributed by atoms with Gasteiger partial charge in [0.05, 0.1) is 30.2 Å². The van der Waals surface area contributed by atoms with Crippen LogP contribution in [0.5, 0.6) is 5.75 Å². The van der Waals surface area contributed by atoms with Crippen molar-refractivity contribution in [1.82, 2.24) is 14.5 Å². The van der Waals surface area contributed by atoms with Gasteiger partial charge in [-0.1, -0.05) is 18.2 Å². The summed E-state index contributed by atoms with van der Waals surface area (Å²) >= 11 is 0. The topological polar surface area (TPSA) is 67.6 Å². The molecule has 0 bridgehead atoms. The summed E-state index contributed by atoms with van der Waals surface area (Å²) in [6.07, 6.45) is 1.94. The molecule has 1 unspecified atom stereocenters. The number of benzene rings is 3. The zero-order valence-corrected chi connectivity index (χ0v) is 20.7. The van der Waals surface area contributed by atoms with Gasteiger partial charge in [-0.2, -0.15) is 0 Å². The fraction of sp³-hybridized carbons (Fsp3) is 0.310. The SMILES string of the molecule is COc1ccccc1-c1nc2ccc(-c3cc(F)cc(F)c3)cc2c(=O)n1CC1CCCN(CCO)C1. The van der Waals surface area contributed by atoms with E-state index >= 15 is 0 Å². The first-order valence-electron chi connectivity index (χ1n) is 12.4. The van der Waals surface area contributed by atoms with Crippen molar-refractivity contribution in [2.45, 2.75) is 19.4 Å². The number of methoxy groups -OCH3 is 1. The summed E-state index contributed by atoms with van der Waals surface area (Å²) in [5.41, 5.74) is 1.87. The van der Waals surface area contributed by atoms with Crippen molar-refractivity contribution in [2.75, 3.05) is 33.4 Å². The van der Waals surface area contributed by atoms with Gasteiger partial charge in [0, 0.05) is 25.7 Å². The lowest BCUT2D eigenvalue weighted by Crippen LogP contribution is -2.40. The molecule has 0 aliphatic carbocycles. The average molecular weight is 506 g/mol. The molecule has 0 spiro atoms. The quantitative estimate of drug-likeness (QED) is 0.394. The van der Waals surface area contributed by atoms with E-state index in [0.29, 0.717) is 52.3 Å². The van der Waals surface area contributed by atoms with E-state index in [9.17, 15) is 18.7 Å². The number of likely N-dealkylation sites (tertiary alicyclic amines) is 1. The molecular weight excluding hydrogens is 476 g/mol. The predicted molar refractivity (Wildman–Crippen MR) is 140 cm³/mol. The zero-order chi connectivity index (χ0) is 25.9. The number of aliphatic hydroxyl groups is 1. The fourth-order valence-electron chi connectivity index (χ4n) is 5.23. The van der Waals surface area contributed by atoms with Gasteiger partial charge in [0.25, 0.3) is 5.56 Å². The molecule has 1 aliphatic rings. The Labute approximate surface area is 213 Å². The lowest BCUT2D eigenvalue weighted by Gasteiger charge is -2.33. The molecule has 0 amide bonds. The van der Waals surface area contributed by atoms with Gasteiger partial charge in [0.15, 0.2) is 0 Å². The monoisotopic (exact) mass is 505 g/mol. The van der Waals surface area contributed by atoms with E-state index in [-0.39, 0.29) is 18.1 Å². The van der Waals surface area contributed by atoms with E-state index in [4.69, 9.17) is 9.72 Å². The van der Waals surface area contributed by atoms with Crippen LogP contribution in [0.3, 0.4) is 0 Å². The first-order valence-corrected chi connectivity index (χ1v) is 12.4. The molecule has 0 saturated carbocycles. The summed E-state index contributed by atoms with van der Waals surface area (Å²) in [4.78, 5) is 21.1. The number of para-hydroxylation sites is 1. The smallest absolute Gasteiger partial charge is 0.261 e. The maximum absolute atomic E-state index is 14.0. The number of piperidine rings is 1. The number of hydrogen-bond acceptors (Lipinski definition) is 5. The van der Waals surface area contributed by atoms with Crippen molar-refractivity contribution in [3.8, 4) is 28.3 Å². The normalized spacial score (nSPS) is 16.3. The maximum Gasteiger partial charge on any atom is 0.261 e. The van der Waals surface area contributed by atoms with Gasteiger partial charge in [-0.05, 0) is 72.8 Å². The Hall–Kier alpha value is -3.62. The molecule has 1 atom stereocenters. The third-order valence-corrected chi connectivity index (χ3v) is 6.96. The number of rotatable bonds is 7. The van der Waals surface area contributed by atoms with Crippen LogP contribution in [-0.2, 0) is 6.54 Å². The minimum atomic E-state index is -0.679. The maximum atomic E-state index is 14.0. The molecule has 3 aromatic carbocycles. The van der Waals surface area contributed by atoms with E-state index in [1.165, 1.54) is 12.1 Å². The summed E-state index contributed by atoms with van der Waals surface area (Å²) in [6.45, 7) is 2.86. The van der Waals surface area contributed by atoms with Crippen LogP contribution in [0.15, 0.2) is 65.5 Å². The van der Waals surface area contributed by atoms with Crippen molar-refractivity contribution in [3.63, 3.8) is 0 Å². The molecule has 4 aromatic rings. The molecular formula is C29H29F2N3O3. The Morgan fingerprint density at radius 3 is 2.59 bits per heavy atom. The third-order valence-electron chi connectivity index (χ3n) is 6.96. The Balaban J connectivity index is 1.66. The molecule has 1 N–H and O–H groups in total. The Kier molecular flexibility index (Phi) is 7.30. The summed E-state index contributed by atoms with van der Waals surface area (Å²) in [5.74, 6) is -0.0336. The molecule has 1 saturated heterocycles. The van der Waals surface area contributed by atoms with Crippen molar-refractivity contribution in [3.05, 3.63) is 82.7 Å². The molecule has 8 heteroatoms. The number of nitrogens with zero attached hydrogens (tertiary/aromatic N) is 3. The molecule has 1 aliphatic heterocycles.